The summed E-state index contributed by atoms with van der Waals surface area (Å²) in [5.41, 5.74) is 3.99. The molecule has 0 fully saturated rings. The van der Waals surface area contributed by atoms with Crippen LogP contribution in [0.1, 0.15) is 43.3 Å². The van der Waals surface area contributed by atoms with Crippen LogP contribution in [-0.4, -0.2) is 21.0 Å². The van der Waals surface area contributed by atoms with E-state index < -0.39 is 5.97 Å². The summed E-state index contributed by atoms with van der Waals surface area (Å²) in [6.45, 7) is 6.18. The Bertz CT molecular complexity index is 597. The summed E-state index contributed by atoms with van der Waals surface area (Å²) in [5.74, 6) is 0.402. The van der Waals surface area contributed by atoms with Crippen LogP contribution >= 0.6 is 0 Å². The summed E-state index contributed by atoms with van der Waals surface area (Å²) >= 11 is 0. The molecule has 0 amide bonds. The first-order chi connectivity index (χ1) is 9.47. The standard InChI is InChI=1S/C16H20N2O2/c1-10(2)16-17-13(8-9-14(19)20)15(18-16)12-6-4-11(3)5-7-12/h4-7,10H,8-9H2,1-3H3,(H,17,18)(H,19,20). The van der Waals surface area contributed by atoms with Crippen LogP contribution < -0.4 is 0 Å². The minimum atomic E-state index is -0.791. The Morgan fingerprint density at radius 1 is 1.30 bits per heavy atom. The van der Waals surface area contributed by atoms with Crippen molar-refractivity contribution < 1.29 is 9.90 Å². The van der Waals surface area contributed by atoms with Crippen LogP contribution in [0.15, 0.2) is 24.3 Å². The average Bonchev–Trinajstić information content (AvgIpc) is 2.81. The predicted octanol–water partition coefficient (Wildman–Crippen LogP) is 3.53. The molecule has 0 saturated carbocycles. The van der Waals surface area contributed by atoms with Gasteiger partial charge in [-0.25, -0.2) is 4.98 Å². The zero-order valence-electron chi connectivity index (χ0n) is 12.1. The first-order valence-corrected chi connectivity index (χ1v) is 6.85. The molecular weight excluding hydrogens is 252 g/mol. The molecule has 0 unspecified atom stereocenters. The summed E-state index contributed by atoms with van der Waals surface area (Å²) in [7, 11) is 0. The smallest absolute Gasteiger partial charge is 0.303 e. The summed E-state index contributed by atoms with van der Waals surface area (Å²) in [4.78, 5) is 18.7. The van der Waals surface area contributed by atoms with Crippen molar-refractivity contribution in [2.24, 2.45) is 0 Å². The molecule has 2 aromatic rings. The number of rotatable bonds is 5. The first-order valence-electron chi connectivity index (χ1n) is 6.85. The summed E-state index contributed by atoms with van der Waals surface area (Å²) in [5, 5.41) is 8.85. The van der Waals surface area contributed by atoms with E-state index in [4.69, 9.17) is 5.11 Å². The Hall–Kier alpha value is -2.10. The van der Waals surface area contributed by atoms with Crippen molar-refractivity contribution in [3.05, 3.63) is 41.3 Å². The number of H-pyrrole nitrogens is 1. The minimum Gasteiger partial charge on any atom is -0.481 e. The maximum atomic E-state index is 10.8. The molecule has 0 aliphatic carbocycles. The molecule has 2 N–H and O–H groups in total. The van der Waals surface area contributed by atoms with E-state index in [0.717, 1.165) is 22.8 Å². The number of aliphatic carboxylic acids is 1. The van der Waals surface area contributed by atoms with Crippen LogP contribution in [0, 0.1) is 6.92 Å². The molecule has 0 radical (unpaired) electrons. The highest BCUT2D eigenvalue weighted by Crippen LogP contribution is 2.25. The van der Waals surface area contributed by atoms with Gasteiger partial charge in [-0.15, -0.1) is 0 Å². The van der Waals surface area contributed by atoms with E-state index in [1.807, 2.05) is 31.2 Å². The fourth-order valence-corrected chi connectivity index (χ4v) is 2.07. The van der Waals surface area contributed by atoms with E-state index in [1.165, 1.54) is 5.56 Å². The van der Waals surface area contributed by atoms with Crippen LogP contribution in [0.3, 0.4) is 0 Å². The summed E-state index contributed by atoms with van der Waals surface area (Å²) in [6, 6.07) is 8.14. The molecule has 4 nitrogen and oxygen atoms in total. The second-order valence-corrected chi connectivity index (χ2v) is 5.36. The molecule has 0 atom stereocenters. The van der Waals surface area contributed by atoms with Gasteiger partial charge in [0, 0.05) is 23.6 Å². The maximum absolute atomic E-state index is 10.8. The second-order valence-electron chi connectivity index (χ2n) is 5.36. The monoisotopic (exact) mass is 272 g/mol. The fraction of sp³-hybridized carbons (Fsp3) is 0.375. The molecule has 0 bridgehead atoms. The molecule has 1 heterocycles. The molecule has 2 rings (SSSR count). The van der Waals surface area contributed by atoms with Gasteiger partial charge >= 0.3 is 5.97 Å². The topological polar surface area (TPSA) is 66.0 Å². The van der Waals surface area contributed by atoms with E-state index in [9.17, 15) is 4.79 Å². The van der Waals surface area contributed by atoms with Crippen molar-refractivity contribution in [3.63, 3.8) is 0 Å². The lowest BCUT2D eigenvalue weighted by Gasteiger charge is -2.02. The zero-order chi connectivity index (χ0) is 14.7. The number of nitrogens with one attached hydrogen (secondary N) is 1. The van der Waals surface area contributed by atoms with Crippen molar-refractivity contribution in [2.45, 2.75) is 39.5 Å². The van der Waals surface area contributed by atoms with Gasteiger partial charge < -0.3 is 10.1 Å². The Balaban J connectivity index is 2.38. The number of hydrogen-bond donors (Lipinski definition) is 2. The lowest BCUT2D eigenvalue weighted by Crippen LogP contribution is -1.99. The normalized spacial score (nSPS) is 11.0. The molecule has 4 heteroatoms. The Morgan fingerprint density at radius 2 is 1.95 bits per heavy atom. The van der Waals surface area contributed by atoms with Crippen LogP contribution in [-0.2, 0) is 11.2 Å². The first kappa shape index (κ1) is 14.3. The molecule has 20 heavy (non-hydrogen) atoms. The number of aryl methyl sites for hydroxylation is 2. The Labute approximate surface area is 118 Å². The van der Waals surface area contributed by atoms with Crippen LogP contribution in [0.25, 0.3) is 11.3 Å². The third kappa shape index (κ3) is 3.26. The van der Waals surface area contributed by atoms with Crippen LogP contribution in [0.2, 0.25) is 0 Å². The van der Waals surface area contributed by atoms with Gasteiger partial charge in [0.15, 0.2) is 0 Å². The zero-order valence-corrected chi connectivity index (χ0v) is 12.1. The molecule has 106 valence electrons. The average molecular weight is 272 g/mol. The molecular formula is C16H20N2O2. The number of aromatic amines is 1. The van der Waals surface area contributed by atoms with E-state index in [2.05, 4.69) is 23.8 Å². The van der Waals surface area contributed by atoms with Gasteiger partial charge in [-0.1, -0.05) is 43.7 Å². The minimum absolute atomic E-state index is 0.110. The van der Waals surface area contributed by atoms with Crippen molar-refractivity contribution in [1.29, 1.82) is 0 Å². The summed E-state index contributed by atoms with van der Waals surface area (Å²) in [6.07, 6.45) is 0.580. The van der Waals surface area contributed by atoms with Gasteiger partial charge in [0.25, 0.3) is 0 Å². The largest absolute Gasteiger partial charge is 0.481 e. The van der Waals surface area contributed by atoms with Gasteiger partial charge in [0.1, 0.15) is 5.82 Å². The van der Waals surface area contributed by atoms with Gasteiger partial charge in [-0.3, -0.25) is 4.79 Å². The number of hydrogen-bond acceptors (Lipinski definition) is 2. The molecule has 0 aliphatic heterocycles. The van der Waals surface area contributed by atoms with Gasteiger partial charge in [-0.2, -0.15) is 0 Å². The van der Waals surface area contributed by atoms with Crippen molar-refractivity contribution in [1.82, 2.24) is 9.97 Å². The van der Waals surface area contributed by atoms with Gasteiger partial charge in [0.05, 0.1) is 12.1 Å². The number of carbonyl (C=O) groups is 1. The maximum Gasteiger partial charge on any atom is 0.303 e. The quantitative estimate of drug-likeness (QED) is 0.875. The van der Waals surface area contributed by atoms with E-state index in [0.29, 0.717) is 6.42 Å². The lowest BCUT2D eigenvalue weighted by molar-refractivity contribution is -0.136. The fourth-order valence-electron chi connectivity index (χ4n) is 2.07. The number of carboxylic acids is 1. The van der Waals surface area contributed by atoms with E-state index in [1.54, 1.807) is 0 Å². The SMILES string of the molecule is Cc1ccc(-c2nc(C(C)C)[nH]c2CCC(=O)O)cc1. The number of aromatic nitrogens is 2. The van der Waals surface area contributed by atoms with E-state index in [-0.39, 0.29) is 12.3 Å². The van der Waals surface area contributed by atoms with Crippen molar-refractivity contribution in [2.75, 3.05) is 0 Å². The van der Waals surface area contributed by atoms with Crippen molar-refractivity contribution >= 4 is 5.97 Å². The molecule has 1 aromatic carbocycles. The number of carboxylic acid groups (broad SMARTS) is 1. The number of imidazole rings is 1. The highest BCUT2D eigenvalue weighted by molar-refractivity contribution is 5.68. The number of nitrogens with zero attached hydrogens (tertiary/aromatic N) is 1. The Morgan fingerprint density at radius 3 is 2.50 bits per heavy atom. The second kappa shape index (κ2) is 5.90. The van der Waals surface area contributed by atoms with Gasteiger partial charge in [0.2, 0.25) is 0 Å². The lowest BCUT2D eigenvalue weighted by atomic mass is 10.1. The predicted molar refractivity (Wildman–Crippen MR) is 78.8 cm³/mol. The third-order valence-corrected chi connectivity index (χ3v) is 3.26. The number of benzene rings is 1. The molecule has 0 spiro atoms. The van der Waals surface area contributed by atoms with Gasteiger partial charge in [-0.05, 0) is 6.92 Å². The molecule has 0 aliphatic rings. The van der Waals surface area contributed by atoms with Crippen LogP contribution in [0.4, 0.5) is 0 Å². The summed E-state index contributed by atoms with van der Waals surface area (Å²) < 4.78 is 0. The third-order valence-electron chi connectivity index (χ3n) is 3.26. The Kier molecular flexibility index (Phi) is 4.23. The highest BCUT2D eigenvalue weighted by Gasteiger charge is 2.15. The highest BCUT2D eigenvalue weighted by atomic mass is 16.4. The van der Waals surface area contributed by atoms with Crippen molar-refractivity contribution in [3.8, 4) is 11.3 Å². The van der Waals surface area contributed by atoms with Crippen LogP contribution in [0.5, 0.6) is 0 Å². The molecule has 0 saturated heterocycles. The molecule has 1 aromatic heterocycles. The van der Waals surface area contributed by atoms with E-state index >= 15 is 0 Å².